The lowest BCUT2D eigenvalue weighted by Crippen LogP contribution is -2.10. The highest BCUT2D eigenvalue weighted by molar-refractivity contribution is 5.12. The van der Waals surface area contributed by atoms with E-state index < -0.39 is 24.2 Å². The molecule has 1 rings (SSSR count). The van der Waals surface area contributed by atoms with Crippen molar-refractivity contribution in [2.45, 2.75) is 25.8 Å². The van der Waals surface area contributed by atoms with Gasteiger partial charge in [-0.3, -0.25) is 4.68 Å². The van der Waals surface area contributed by atoms with Crippen LogP contribution in [0, 0.1) is 0 Å². The third-order valence-electron chi connectivity index (χ3n) is 1.85. The molecule has 0 aliphatic heterocycles. The molecule has 0 aliphatic rings. The van der Waals surface area contributed by atoms with E-state index in [1.54, 1.807) is 0 Å². The normalized spacial score (nSPS) is 11.7. The SMILES string of the molecule is NCCCn1nc(C(F)F)cc1C(F)F. The van der Waals surface area contributed by atoms with Crippen LogP contribution in [0.25, 0.3) is 0 Å². The maximum atomic E-state index is 12.4. The van der Waals surface area contributed by atoms with Crippen molar-refractivity contribution >= 4 is 0 Å². The van der Waals surface area contributed by atoms with E-state index in [9.17, 15) is 17.6 Å². The topological polar surface area (TPSA) is 43.8 Å². The summed E-state index contributed by atoms with van der Waals surface area (Å²) in [7, 11) is 0. The number of hydrogen-bond acceptors (Lipinski definition) is 2. The molecule has 86 valence electrons. The Morgan fingerprint density at radius 2 is 1.93 bits per heavy atom. The van der Waals surface area contributed by atoms with E-state index in [4.69, 9.17) is 5.73 Å². The number of aromatic nitrogens is 2. The first-order valence-electron chi connectivity index (χ1n) is 4.40. The van der Waals surface area contributed by atoms with Crippen molar-refractivity contribution < 1.29 is 17.6 Å². The van der Waals surface area contributed by atoms with Crippen molar-refractivity contribution in [1.82, 2.24) is 9.78 Å². The zero-order valence-corrected chi connectivity index (χ0v) is 7.84. The predicted octanol–water partition coefficient (Wildman–Crippen LogP) is 2.11. The molecule has 0 bridgehead atoms. The Morgan fingerprint density at radius 3 is 2.40 bits per heavy atom. The molecule has 0 saturated heterocycles. The lowest BCUT2D eigenvalue weighted by Gasteiger charge is -2.04. The molecule has 7 heteroatoms. The number of nitrogens with zero attached hydrogens (tertiary/aromatic N) is 2. The van der Waals surface area contributed by atoms with Crippen LogP contribution in [0.5, 0.6) is 0 Å². The van der Waals surface area contributed by atoms with Crippen LogP contribution in [-0.4, -0.2) is 16.3 Å². The lowest BCUT2D eigenvalue weighted by atomic mass is 10.3. The first-order chi connectivity index (χ1) is 7.06. The summed E-state index contributed by atoms with van der Waals surface area (Å²) in [5.74, 6) is 0. The quantitative estimate of drug-likeness (QED) is 0.780. The molecule has 0 radical (unpaired) electrons. The minimum atomic E-state index is -2.83. The summed E-state index contributed by atoms with van der Waals surface area (Å²) in [6, 6.07) is 0.728. The van der Waals surface area contributed by atoms with Gasteiger partial charge in [0.2, 0.25) is 0 Å². The van der Waals surface area contributed by atoms with Crippen LogP contribution in [0.2, 0.25) is 0 Å². The smallest absolute Gasteiger partial charge is 0.282 e. The monoisotopic (exact) mass is 225 g/mol. The largest absolute Gasteiger partial charge is 0.330 e. The van der Waals surface area contributed by atoms with Crippen LogP contribution in [0.1, 0.15) is 30.7 Å². The van der Waals surface area contributed by atoms with Crippen LogP contribution in [-0.2, 0) is 6.54 Å². The molecule has 2 N–H and O–H groups in total. The van der Waals surface area contributed by atoms with Crippen LogP contribution < -0.4 is 5.73 Å². The van der Waals surface area contributed by atoms with Gasteiger partial charge in [-0.25, -0.2) is 17.6 Å². The Balaban J connectivity index is 2.90. The van der Waals surface area contributed by atoms with Gasteiger partial charge in [-0.1, -0.05) is 0 Å². The Kier molecular flexibility index (Phi) is 4.07. The number of aryl methyl sites for hydroxylation is 1. The maximum absolute atomic E-state index is 12.4. The van der Waals surface area contributed by atoms with Crippen molar-refractivity contribution in [3.8, 4) is 0 Å². The van der Waals surface area contributed by atoms with E-state index in [1.165, 1.54) is 0 Å². The molecule has 0 amide bonds. The predicted molar refractivity (Wildman–Crippen MR) is 45.8 cm³/mol. The Labute approximate surface area is 83.9 Å². The van der Waals surface area contributed by atoms with Crippen LogP contribution in [0.3, 0.4) is 0 Å². The summed E-state index contributed by atoms with van der Waals surface area (Å²) in [6.45, 7) is 0.426. The highest BCUT2D eigenvalue weighted by Crippen LogP contribution is 2.24. The van der Waals surface area contributed by atoms with Gasteiger partial charge in [0, 0.05) is 6.54 Å². The molecule has 0 saturated carbocycles. The van der Waals surface area contributed by atoms with Gasteiger partial charge >= 0.3 is 0 Å². The molecule has 0 aromatic carbocycles. The third kappa shape index (κ3) is 2.92. The summed E-state index contributed by atoms with van der Waals surface area (Å²) >= 11 is 0. The van der Waals surface area contributed by atoms with Gasteiger partial charge in [0.1, 0.15) is 11.4 Å². The van der Waals surface area contributed by atoms with Crippen molar-refractivity contribution in [2.24, 2.45) is 5.73 Å². The second-order valence-electron chi connectivity index (χ2n) is 2.96. The molecule has 1 heterocycles. The second-order valence-corrected chi connectivity index (χ2v) is 2.96. The van der Waals surface area contributed by atoms with Gasteiger partial charge in [0.25, 0.3) is 12.9 Å². The molecule has 0 spiro atoms. The lowest BCUT2D eigenvalue weighted by molar-refractivity contribution is 0.138. The standard InChI is InChI=1S/C8H11F4N3/c9-7(10)5-4-6(8(11)12)15(14-5)3-1-2-13/h4,7-8H,1-3,13H2. The van der Waals surface area contributed by atoms with E-state index in [-0.39, 0.29) is 6.54 Å². The summed E-state index contributed by atoms with van der Waals surface area (Å²) in [5.41, 5.74) is 4.08. The van der Waals surface area contributed by atoms with Crippen molar-refractivity contribution in [2.75, 3.05) is 6.54 Å². The Morgan fingerprint density at radius 1 is 1.27 bits per heavy atom. The van der Waals surface area contributed by atoms with Gasteiger partial charge in [0.15, 0.2) is 0 Å². The fourth-order valence-corrected chi connectivity index (χ4v) is 1.15. The minimum Gasteiger partial charge on any atom is -0.330 e. The average Bonchev–Trinajstić information content (AvgIpc) is 2.58. The van der Waals surface area contributed by atoms with Crippen molar-refractivity contribution in [3.05, 3.63) is 17.5 Å². The van der Waals surface area contributed by atoms with Crippen LogP contribution >= 0.6 is 0 Å². The van der Waals surface area contributed by atoms with E-state index in [0.29, 0.717) is 13.0 Å². The van der Waals surface area contributed by atoms with Crippen molar-refractivity contribution in [1.29, 1.82) is 0 Å². The summed E-state index contributed by atoms with van der Waals surface area (Å²) in [4.78, 5) is 0. The molecule has 0 atom stereocenters. The molecule has 15 heavy (non-hydrogen) atoms. The van der Waals surface area contributed by atoms with Gasteiger partial charge in [-0.05, 0) is 19.0 Å². The first-order valence-corrected chi connectivity index (χ1v) is 4.40. The van der Waals surface area contributed by atoms with Crippen LogP contribution in [0.15, 0.2) is 6.07 Å². The summed E-state index contributed by atoms with van der Waals surface area (Å²) in [5, 5.41) is 3.40. The highest BCUT2D eigenvalue weighted by Gasteiger charge is 2.20. The fourth-order valence-electron chi connectivity index (χ4n) is 1.15. The van der Waals surface area contributed by atoms with E-state index in [1.807, 2.05) is 0 Å². The zero-order chi connectivity index (χ0) is 11.4. The molecule has 3 nitrogen and oxygen atoms in total. The van der Waals surface area contributed by atoms with Gasteiger partial charge < -0.3 is 5.73 Å². The number of alkyl halides is 4. The molecule has 0 aliphatic carbocycles. The second kappa shape index (κ2) is 5.11. The Bertz CT molecular complexity index is 311. The number of rotatable bonds is 5. The molecule has 1 aromatic heterocycles. The third-order valence-corrected chi connectivity index (χ3v) is 1.85. The van der Waals surface area contributed by atoms with Gasteiger partial charge in [-0.2, -0.15) is 5.10 Å². The van der Waals surface area contributed by atoms with Crippen molar-refractivity contribution in [3.63, 3.8) is 0 Å². The molecule has 0 fully saturated rings. The van der Waals surface area contributed by atoms with E-state index >= 15 is 0 Å². The summed E-state index contributed by atoms with van der Waals surface area (Å²) < 4.78 is 50.1. The average molecular weight is 225 g/mol. The Hall–Kier alpha value is -1.11. The van der Waals surface area contributed by atoms with E-state index in [0.717, 1.165) is 10.7 Å². The highest BCUT2D eigenvalue weighted by atomic mass is 19.3. The minimum absolute atomic E-state index is 0.128. The fraction of sp³-hybridized carbons (Fsp3) is 0.625. The zero-order valence-electron chi connectivity index (χ0n) is 7.84. The molecule has 1 aromatic rings. The number of halogens is 4. The summed E-state index contributed by atoms with van der Waals surface area (Å²) in [6.07, 6.45) is -5.21. The molecular formula is C8H11F4N3. The van der Waals surface area contributed by atoms with Crippen LogP contribution in [0.4, 0.5) is 17.6 Å². The molecular weight excluding hydrogens is 214 g/mol. The number of hydrogen-bond donors (Lipinski definition) is 1. The van der Waals surface area contributed by atoms with E-state index in [2.05, 4.69) is 5.10 Å². The first kappa shape index (κ1) is 12.0. The van der Waals surface area contributed by atoms with Gasteiger partial charge in [0.05, 0.1) is 0 Å². The van der Waals surface area contributed by atoms with Gasteiger partial charge in [-0.15, -0.1) is 0 Å². The number of nitrogens with two attached hydrogens (primary N) is 1. The molecule has 0 unspecified atom stereocenters. The maximum Gasteiger partial charge on any atom is 0.282 e.